The van der Waals surface area contributed by atoms with Crippen LogP contribution in [0.4, 0.5) is 0 Å². The summed E-state index contributed by atoms with van der Waals surface area (Å²) in [5, 5.41) is 4.11. The number of aryl methyl sites for hydroxylation is 2. The Kier molecular flexibility index (Phi) is 3.96. The molecule has 0 bridgehead atoms. The van der Waals surface area contributed by atoms with E-state index in [-0.39, 0.29) is 11.8 Å². The Balaban J connectivity index is 1.78. The van der Waals surface area contributed by atoms with Crippen molar-refractivity contribution in [1.29, 1.82) is 0 Å². The van der Waals surface area contributed by atoms with Crippen molar-refractivity contribution in [2.75, 3.05) is 13.1 Å². The molecule has 116 valence electrons. The zero-order chi connectivity index (χ0) is 15.7. The van der Waals surface area contributed by atoms with E-state index in [9.17, 15) is 4.79 Å². The molecule has 0 N–H and O–H groups in total. The molecule has 1 atom stereocenters. The fourth-order valence-electron chi connectivity index (χ4n) is 3.03. The minimum Gasteiger partial charge on any atom is -0.342 e. The Morgan fingerprint density at radius 1 is 1.32 bits per heavy atom. The van der Waals surface area contributed by atoms with Crippen molar-refractivity contribution >= 4 is 5.91 Å². The van der Waals surface area contributed by atoms with Crippen LogP contribution in [0, 0.1) is 13.8 Å². The van der Waals surface area contributed by atoms with Crippen LogP contribution in [0.2, 0.25) is 0 Å². The molecule has 2 heterocycles. The molecular weight excluding hydrogens is 278 g/mol. The highest BCUT2D eigenvalue weighted by molar-refractivity contribution is 5.76. The molecule has 2 aromatic rings. The summed E-state index contributed by atoms with van der Waals surface area (Å²) < 4.78 is 5.45. The highest BCUT2D eigenvalue weighted by atomic mass is 16.5. The van der Waals surface area contributed by atoms with Gasteiger partial charge in [0.05, 0.1) is 5.92 Å². The molecule has 1 aromatic carbocycles. The van der Waals surface area contributed by atoms with Gasteiger partial charge in [-0.15, -0.1) is 0 Å². The van der Waals surface area contributed by atoms with Gasteiger partial charge in [0.2, 0.25) is 17.6 Å². The molecule has 0 spiro atoms. The second-order valence-corrected chi connectivity index (χ2v) is 6.01. The van der Waals surface area contributed by atoms with Gasteiger partial charge >= 0.3 is 0 Å². The van der Waals surface area contributed by atoms with Crippen molar-refractivity contribution in [1.82, 2.24) is 15.0 Å². The first-order valence-electron chi connectivity index (χ1n) is 7.77. The first-order valence-corrected chi connectivity index (χ1v) is 7.77. The van der Waals surface area contributed by atoms with E-state index in [1.807, 2.05) is 11.8 Å². The zero-order valence-corrected chi connectivity index (χ0v) is 13.3. The number of carbonyl (C=O) groups is 1. The van der Waals surface area contributed by atoms with Crippen molar-refractivity contribution in [3.8, 4) is 11.4 Å². The lowest BCUT2D eigenvalue weighted by Gasteiger charge is -2.13. The lowest BCUT2D eigenvalue weighted by Crippen LogP contribution is -2.27. The summed E-state index contributed by atoms with van der Waals surface area (Å²) >= 11 is 0. The SMILES string of the molecule is CCC(=O)N1CC[C@@H](c2nc(-c3cc(C)cc(C)c3)no2)C1. The molecule has 1 amide bonds. The number of aromatic nitrogens is 2. The average molecular weight is 299 g/mol. The van der Waals surface area contributed by atoms with Crippen LogP contribution in [0.5, 0.6) is 0 Å². The van der Waals surface area contributed by atoms with Gasteiger partial charge in [-0.05, 0) is 32.4 Å². The van der Waals surface area contributed by atoms with E-state index in [4.69, 9.17) is 4.52 Å². The normalized spacial score (nSPS) is 18.0. The van der Waals surface area contributed by atoms with E-state index >= 15 is 0 Å². The van der Waals surface area contributed by atoms with Gasteiger partial charge < -0.3 is 9.42 Å². The van der Waals surface area contributed by atoms with E-state index in [2.05, 4.69) is 42.2 Å². The van der Waals surface area contributed by atoms with E-state index in [1.165, 1.54) is 11.1 Å². The van der Waals surface area contributed by atoms with Gasteiger partial charge in [0, 0.05) is 25.1 Å². The number of amides is 1. The molecule has 0 aliphatic carbocycles. The highest BCUT2D eigenvalue weighted by Gasteiger charge is 2.30. The highest BCUT2D eigenvalue weighted by Crippen LogP contribution is 2.28. The number of benzene rings is 1. The minimum atomic E-state index is 0.155. The third-order valence-electron chi connectivity index (χ3n) is 4.11. The molecule has 1 aliphatic rings. The molecule has 1 aliphatic heterocycles. The number of hydrogen-bond donors (Lipinski definition) is 0. The fraction of sp³-hybridized carbons (Fsp3) is 0.471. The van der Waals surface area contributed by atoms with Crippen molar-refractivity contribution in [3.63, 3.8) is 0 Å². The Morgan fingerprint density at radius 2 is 2.05 bits per heavy atom. The summed E-state index contributed by atoms with van der Waals surface area (Å²) in [7, 11) is 0. The molecule has 5 nitrogen and oxygen atoms in total. The number of rotatable bonds is 3. The number of likely N-dealkylation sites (tertiary alicyclic amines) is 1. The Bertz CT molecular complexity index is 673. The summed E-state index contributed by atoms with van der Waals surface area (Å²) in [5.74, 6) is 1.61. The van der Waals surface area contributed by atoms with Crippen LogP contribution in [-0.4, -0.2) is 34.0 Å². The van der Waals surface area contributed by atoms with Gasteiger partial charge in [0.25, 0.3) is 0 Å². The molecule has 1 fully saturated rings. The summed E-state index contributed by atoms with van der Waals surface area (Å²) in [4.78, 5) is 18.2. The van der Waals surface area contributed by atoms with E-state index in [1.54, 1.807) is 0 Å². The molecule has 22 heavy (non-hydrogen) atoms. The predicted octanol–water partition coefficient (Wildman–Crippen LogP) is 3.08. The third-order valence-corrected chi connectivity index (χ3v) is 4.11. The lowest BCUT2D eigenvalue weighted by atomic mass is 10.1. The van der Waals surface area contributed by atoms with Crippen molar-refractivity contribution in [3.05, 3.63) is 35.2 Å². The van der Waals surface area contributed by atoms with Crippen LogP contribution in [0.3, 0.4) is 0 Å². The third kappa shape index (κ3) is 2.89. The monoisotopic (exact) mass is 299 g/mol. The molecule has 5 heteroatoms. The average Bonchev–Trinajstić information content (AvgIpc) is 3.14. The Labute approximate surface area is 130 Å². The molecule has 1 saturated heterocycles. The van der Waals surface area contributed by atoms with Crippen LogP contribution in [0.1, 0.15) is 42.7 Å². The first-order chi connectivity index (χ1) is 10.6. The second kappa shape index (κ2) is 5.91. The standard InChI is InChI=1S/C17H21N3O2/c1-4-15(21)20-6-5-13(10-20)17-18-16(19-22-17)14-8-11(2)7-12(3)9-14/h7-9,13H,4-6,10H2,1-3H3/t13-/m1/s1. The molecular formula is C17H21N3O2. The van der Waals surface area contributed by atoms with Gasteiger partial charge in [-0.3, -0.25) is 4.79 Å². The molecule has 0 radical (unpaired) electrons. The maximum Gasteiger partial charge on any atom is 0.231 e. The van der Waals surface area contributed by atoms with Gasteiger partial charge in [-0.2, -0.15) is 4.98 Å². The van der Waals surface area contributed by atoms with Gasteiger partial charge in [0.1, 0.15) is 0 Å². The molecule has 1 aromatic heterocycles. The summed E-state index contributed by atoms with van der Waals surface area (Å²) in [6.07, 6.45) is 1.44. The Morgan fingerprint density at radius 3 is 2.73 bits per heavy atom. The number of carbonyl (C=O) groups excluding carboxylic acids is 1. The van der Waals surface area contributed by atoms with Gasteiger partial charge in [-0.25, -0.2) is 0 Å². The van der Waals surface area contributed by atoms with Crippen molar-refractivity contribution in [2.24, 2.45) is 0 Å². The topological polar surface area (TPSA) is 59.2 Å². The predicted molar refractivity (Wildman–Crippen MR) is 83.4 cm³/mol. The maximum atomic E-state index is 11.8. The van der Waals surface area contributed by atoms with Crippen LogP contribution < -0.4 is 0 Å². The lowest BCUT2D eigenvalue weighted by molar-refractivity contribution is -0.129. The molecule has 3 rings (SSSR count). The summed E-state index contributed by atoms with van der Waals surface area (Å²) in [6, 6.07) is 6.24. The smallest absolute Gasteiger partial charge is 0.231 e. The van der Waals surface area contributed by atoms with E-state index in [0.717, 1.165) is 18.5 Å². The van der Waals surface area contributed by atoms with Crippen molar-refractivity contribution in [2.45, 2.75) is 39.5 Å². The summed E-state index contributed by atoms with van der Waals surface area (Å²) in [5.41, 5.74) is 3.34. The van der Waals surface area contributed by atoms with Crippen LogP contribution in [0.15, 0.2) is 22.7 Å². The minimum absolute atomic E-state index is 0.155. The number of hydrogen-bond acceptors (Lipinski definition) is 4. The molecule has 0 saturated carbocycles. The largest absolute Gasteiger partial charge is 0.342 e. The van der Waals surface area contributed by atoms with E-state index in [0.29, 0.717) is 24.7 Å². The van der Waals surface area contributed by atoms with Crippen LogP contribution in [-0.2, 0) is 4.79 Å². The number of nitrogens with zero attached hydrogens (tertiary/aromatic N) is 3. The van der Waals surface area contributed by atoms with Crippen LogP contribution in [0.25, 0.3) is 11.4 Å². The van der Waals surface area contributed by atoms with Crippen molar-refractivity contribution < 1.29 is 9.32 Å². The Hall–Kier alpha value is -2.17. The van der Waals surface area contributed by atoms with Gasteiger partial charge in [0.15, 0.2) is 0 Å². The molecule has 0 unspecified atom stereocenters. The zero-order valence-electron chi connectivity index (χ0n) is 13.3. The van der Waals surface area contributed by atoms with E-state index < -0.39 is 0 Å². The van der Waals surface area contributed by atoms with Crippen LogP contribution >= 0.6 is 0 Å². The quantitative estimate of drug-likeness (QED) is 0.874. The first kappa shape index (κ1) is 14.8. The maximum absolute atomic E-state index is 11.8. The fourth-order valence-corrected chi connectivity index (χ4v) is 3.03. The summed E-state index contributed by atoms with van der Waals surface area (Å²) in [6.45, 7) is 7.46. The second-order valence-electron chi connectivity index (χ2n) is 6.01. The van der Waals surface area contributed by atoms with Gasteiger partial charge in [-0.1, -0.05) is 29.3 Å².